The van der Waals surface area contributed by atoms with Crippen LogP contribution >= 0.6 is 0 Å². The third-order valence-corrected chi connectivity index (χ3v) is 8.96. The number of nitrogens with one attached hydrogen (secondary N) is 1. The van der Waals surface area contributed by atoms with Crippen molar-refractivity contribution >= 4 is 6.09 Å². The number of aliphatic hydroxyl groups excluding tert-OH is 1. The number of fused-ring (bicyclic) bond motifs is 2. The summed E-state index contributed by atoms with van der Waals surface area (Å²) in [6.07, 6.45) is -5.87. The number of alkyl halides is 3. The normalized spacial score (nSPS) is 20.9. The van der Waals surface area contributed by atoms with Crippen LogP contribution in [0.4, 0.5) is 18.0 Å². The summed E-state index contributed by atoms with van der Waals surface area (Å²) in [5.41, 5.74) is 1.47. The summed E-state index contributed by atoms with van der Waals surface area (Å²) < 4.78 is 73.1. The summed E-state index contributed by atoms with van der Waals surface area (Å²) in [6.45, 7) is 6.65. The second kappa shape index (κ2) is 15.9. The van der Waals surface area contributed by atoms with Crippen LogP contribution in [0.1, 0.15) is 42.5 Å². The van der Waals surface area contributed by atoms with Crippen molar-refractivity contribution in [3.05, 3.63) is 89.0 Å². The molecule has 270 valence electrons. The molecule has 0 aromatic heterocycles. The Morgan fingerprint density at radius 3 is 2.54 bits per heavy atom. The highest BCUT2D eigenvalue weighted by Gasteiger charge is 2.44. The molecule has 1 amide bonds. The fourth-order valence-electron chi connectivity index (χ4n) is 6.54. The molecule has 10 nitrogen and oxygen atoms in total. The van der Waals surface area contributed by atoms with E-state index in [1.807, 2.05) is 18.2 Å². The first kappa shape index (κ1) is 35.8. The van der Waals surface area contributed by atoms with Gasteiger partial charge in [0.2, 0.25) is 6.79 Å². The molecule has 13 heteroatoms. The van der Waals surface area contributed by atoms with Crippen LogP contribution in [0.25, 0.3) is 0 Å². The highest BCUT2D eigenvalue weighted by atomic mass is 19.4. The summed E-state index contributed by atoms with van der Waals surface area (Å²) in [5.74, 6) is 2.12. The van der Waals surface area contributed by atoms with Gasteiger partial charge < -0.3 is 38.8 Å². The van der Waals surface area contributed by atoms with Gasteiger partial charge in [-0.15, -0.1) is 0 Å². The summed E-state index contributed by atoms with van der Waals surface area (Å²) >= 11 is 0. The number of halogens is 3. The SMILES string of the molecule is CC(C)CN(Cc1ccc2c(c1)OCO2)C[C@@H](O)[C@H](Cc1ccc(OCc2cccc(C(F)(F)F)c2)cc1)NC(=O)O[C@H]1CO[C@H]2OCC[C@H]21. The fourth-order valence-corrected chi connectivity index (χ4v) is 6.54. The third-order valence-electron chi connectivity index (χ3n) is 8.96. The zero-order valence-electron chi connectivity index (χ0n) is 28.1. The Hall–Kier alpha value is -4.04. The molecule has 0 radical (unpaired) electrons. The molecule has 6 rings (SSSR count). The van der Waals surface area contributed by atoms with E-state index in [2.05, 4.69) is 24.1 Å². The summed E-state index contributed by atoms with van der Waals surface area (Å²) in [6, 6.07) is 17.1. The first-order valence-electron chi connectivity index (χ1n) is 16.9. The molecule has 0 bridgehead atoms. The lowest BCUT2D eigenvalue weighted by atomic mass is 10.00. The smallest absolute Gasteiger partial charge is 0.416 e. The maximum atomic E-state index is 13.2. The van der Waals surface area contributed by atoms with Crippen LogP contribution in [-0.4, -0.2) is 73.7 Å². The van der Waals surface area contributed by atoms with E-state index in [0.717, 1.165) is 29.7 Å². The minimum Gasteiger partial charge on any atom is -0.489 e. The average Bonchev–Trinajstić information content (AvgIpc) is 3.82. The number of carbonyl (C=O) groups excluding carboxylic acids is 1. The lowest BCUT2D eigenvalue weighted by Crippen LogP contribution is -2.50. The van der Waals surface area contributed by atoms with E-state index in [-0.39, 0.29) is 45.2 Å². The monoisotopic (exact) mass is 700 g/mol. The molecule has 3 heterocycles. The largest absolute Gasteiger partial charge is 0.489 e. The number of aliphatic hydroxyl groups is 1. The predicted molar refractivity (Wildman–Crippen MR) is 176 cm³/mol. The molecule has 0 unspecified atom stereocenters. The van der Waals surface area contributed by atoms with Crippen LogP contribution in [-0.2, 0) is 40.0 Å². The van der Waals surface area contributed by atoms with Gasteiger partial charge in [0.25, 0.3) is 0 Å². The molecule has 2 fully saturated rings. The van der Waals surface area contributed by atoms with Crippen LogP contribution in [0.5, 0.6) is 17.2 Å². The minimum absolute atomic E-state index is 0.0316. The maximum absolute atomic E-state index is 13.2. The van der Waals surface area contributed by atoms with Gasteiger partial charge in [0.1, 0.15) is 18.5 Å². The Morgan fingerprint density at radius 2 is 1.76 bits per heavy atom. The molecule has 3 aliphatic heterocycles. The number of rotatable bonds is 14. The fraction of sp³-hybridized carbons (Fsp3) is 0.486. The van der Waals surface area contributed by atoms with Gasteiger partial charge in [-0.25, -0.2) is 4.79 Å². The number of hydrogen-bond acceptors (Lipinski definition) is 9. The maximum Gasteiger partial charge on any atom is 0.416 e. The van der Waals surface area contributed by atoms with Crippen LogP contribution < -0.4 is 19.5 Å². The van der Waals surface area contributed by atoms with E-state index in [0.29, 0.717) is 48.4 Å². The number of nitrogens with zero attached hydrogens (tertiary/aromatic N) is 1. The van der Waals surface area contributed by atoms with Crippen LogP contribution in [0.2, 0.25) is 0 Å². The molecule has 0 saturated carbocycles. The van der Waals surface area contributed by atoms with Crippen molar-refractivity contribution in [3.8, 4) is 17.2 Å². The van der Waals surface area contributed by atoms with E-state index in [1.54, 1.807) is 30.3 Å². The molecule has 3 aliphatic rings. The summed E-state index contributed by atoms with van der Waals surface area (Å²) in [7, 11) is 0. The molecular weight excluding hydrogens is 657 g/mol. The van der Waals surface area contributed by atoms with Crippen LogP contribution in [0.3, 0.4) is 0 Å². The van der Waals surface area contributed by atoms with Crippen molar-refractivity contribution in [2.45, 2.75) is 70.6 Å². The van der Waals surface area contributed by atoms with Gasteiger partial charge in [0.15, 0.2) is 17.8 Å². The molecule has 3 aromatic rings. The number of ether oxygens (including phenoxy) is 6. The lowest BCUT2D eigenvalue weighted by Gasteiger charge is -2.31. The Balaban J connectivity index is 1.13. The van der Waals surface area contributed by atoms with Crippen molar-refractivity contribution in [2.75, 3.05) is 33.1 Å². The lowest BCUT2D eigenvalue weighted by molar-refractivity contribution is -0.137. The number of amides is 1. The van der Waals surface area contributed by atoms with Gasteiger partial charge in [-0.05, 0) is 71.8 Å². The molecule has 50 heavy (non-hydrogen) atoms. The molecule has 0 spiro atoms. The van der Waals surface area contributed by atoms with Gasteiger partial charge in [-0.2, -0.15) is 13.2 Å². The molecule has 0 aliphatic carbocycles. The van der Waals surface area contributed by atoms with E-state index < -0.39 is 36.1 Å². The van der Waals surface area contributed by atoms with Gasteiger partial charge in [-0.3, -0.25) is 4.90 Å². The van der Waals surface area contributed by atoms with Crippen LogP contribution in [0, 0.1) is 11.8 Å². The molecule has 2 N–H and O–H groups in total. The number of benzene rings is 3. The Labute approximate surface area is 289 Å². The minimum atomic E-state index is -4.44. The van der Waals surface area contributed by atoms with E-state index in [4.69, 9.17) is 28.4 Å². The van der Waals surface area contributed by atoms with Crippen molar-refractivity contribution in [2.24, 2.45) is 11.8 Å². The molecular formula is C37H43F3N2O8. The highest BCUT2D eigenvalue weighted by Crippen LogP contribution is 2.34. The summed E-state index contributed by atoms with van der Waals surface area (Å²) in [4.78, 5) is 15.4. The van der Waals surface area contributed by atoms with Gasteiger partial charge in [0, 0.05) is 19.6 Å². The standard InChI is InChI=1S/C37H43F3N2O8/c1-23(2)17-42(18-25-8-11-32-33(16-25)49-22-48-32)19-31(43)30(41-36(44)50-34-21-47-35-29(34)12-13-45-35)15-24-6-9-28(10-7-24)46-20-26-4-3-5-27(14-26)37(38,39)40/h3-11,14,16,23,29-31,34-35,43H,12-13,15,17-22H2,1-2H3,(H,41,44)/t29-,30-,31+,34-,35+/m0/s1. The topological polar surface area (TPSA) is 108 Å². The van der Waals surface area contributed by atoms with E-state index in [1.165, 1.54) is 6.07 Å². The first-order chi connectivity index (χ1) is 24.0. The average molecular weight is 701 g/mol. The Bertz CT molecular complexity index is 1590. The van der Waals surface area contributed by atoms with Crippen molar-refractivity contribution in [3.63, 3.8) is 0 Å². The quantitative estimate of drug-likeness (QED) is 0.212. The Kier molecular flexibility index (Phi) is 11.4. The number of hydrogen-bond donors (Lipinski definition) is 2. The molecule has 5 atom stereocenters. The third kappa shape index (κ3) is 9.39. The predicted octanol–water partition coefficient (Wildman–Crippen LogP) is 5.93. The van der Waals surface area contributed by atoms with Crippen molar-refractivity contribution in [1.29, 1.82) is 0 Å². The van der Waals surface area contributed by atoms with E-state index >= 15 is 0 Å². The second-order valence-corrected chi connectivity index (χ2v) is 13.4. The zero-order valence-corrected chi connectivity index (χ0v) is 28.1. The van der Waals surface area contributed by atoms with Gasteiger partial charge in [-0.1, -0.05) is 44.2 Å². The Morgan fingerprint density at radius 1 is 0.980 bits per heavy atom. The molecule has 3 aromatic carbocycles. The van der Waals surface area contributed by atoms with Crippen molar-refractivity contribution < 1.29 is 51.5 Å². The second-order valence-electron chi connectivity index (χ2n) is 13.4. The van der Waals surface area contributed by atoms with Gasteiger partial charge in [0.05, 0.1) is 36.8 Å². The van der Waals surface area contributed by atoms with Gasteiger partial charge >= 0.3 is 12.3 Å². The molecule has 2 saturated heterocycles. The van der Waals surface area contributed by atoms with E-state index in [9.17, 15) is 23.1 Å². The number of carbonyl (C=O) groups is 1. The first-order valence-corrected chi connectivity index (χ1v) is 16.9. The summed E-state index contributed by atoms with van der Waals surface area (Å²) in [5, 5.41) is 14.6. The number of alkyl carbamates (subject to hydrolysis) is 1. The zero-order chi connectivity index (χ0) is 35.3. The van der Waals surface area contributed by atoms with Crippen LogP contribution in [0.15, 0.2) is 66.7 Å². The van der Waals surface area contributed by atoms with Crippen molar-refractivity contribution in [1.82, 2.24) is 10.2 Å². The highest BCUT2D eigenvalue weighted by molar-refractivity contribution is 5.68.